The fourth-order valence-electron chi connectivity index (χ4n) is 16.1. The number of anilines is 2. The summed E-state index contributed by atoms with van der Waals surface area (Å²) in [6, 6.07) is 84.9. The number of carbonyl (C=O) groups is 2. The summed E-state index contributed by atoms with van der Waals surface area (Å²) < 4.78 is 102. The molecule has 4 saturated heterocycles. The summed E-state index contributed by atoms with van der Waals surface area (Å²) in [6.45, 7) is 1.29. The first-order valence-corrected chi connectivity index (χ1v) is 39.9. The van der Waals surface area contributed by atoms with Crippen LogP contribution in [0.4, 0.5) is 28.9 Å². The molecule has 0 aromatic heterocycles. The lowest BCUT2D eigenvalue weighted by Crippen LogP contribution is -2.61. The van der Waals surface area contributed by atoms with Gasteiger partial charge in [0.25, 0.3) is 0 Å². The van der Waals surface area contributed by atoms with Gasteiger partial charge in [0.2, 0.25) is 11.8 Å². The number of phenols is 1. The van der Waals surface area contributed by atoms with E-state index >= 15 is 0 Å². The van der Waals surface area contributed by atoms with E-state index in [1.165, 1.54) is 71.6 Å². The zero-order valence-corrected chi connectivity index (χ0v) is 64.6. The highest BCUT2D eigenvalue weighted by Gasteiger charge is 2.53. The Balaban J connectivity index is 0.000000231. The normalized spacial score (nSPS) is 23.0. The number of aliphatic hydroxyl groups is 4. The highest BCUT2D eigenvalue weighted by Crippen LogP contribution is 2.51. The molecule has 5 N–H and O–H groups in total. The quantitative estimate of drug-likeness (QED) is 0.0192. The van der Waals surface area contributed by atoms with Crippen LogP contribution in [0.2, 0.25) is 0 Å². The van der Waals surface area contributed by atoms with E-state index in [1.807, 2.05) is 140 Å². The third-order valence-corrected chi connectivity index (χ3v) is 22.3. The third-order valence-electron chi connectivity index (χ3n) is 22.3. The van der Waals surface area contributed by atoms with Crippen molar-refractivity contribution in [3.05, 3.63) is 370 Å². The maximum absolute atomic E-state index is 14.4. The number of phenolic OH excluding ortho intramolecular Hbond substituents is 1. The van der Waals surface area contributed by atoms with Crippen molar-refractivity contribution in [3.8, 4) is 11.5 Å². The smallest absolute Gasteiger partial charge is 0.233 e. The maximum Gasteiger partial charge on any atom is 0.233 e. The Hall–Kier alpha value is -10.7. The predicted octanol–water partition coefficient (Wildman–Crippen LogP) is 16.3. The summed E-state index contributed by atoms with van der Waals surface area (Å²) in [4.78, 5) is 30.9. The number of aliphatic hydroxyl groups excluding tert-OH is 4. The van der Waals surface area contributed by atoms with Gasteiger partial charge < -0.3 is 68.5 Å². The molecule has 14 atom stereocenters. The van der Waals surface area contributed by atoms with Crippen molar-refractivity contribution in [2.24, 2.45) is 11.8 Å². The van der Waals surface area contributed by atoms with Crippen molar-refractivity contribution in [3.63, 3.8) is 0 Å². The molecule has 20 heteroatoms. The minimum Gasteiger partial charge on any atom is -0.508 e. The topological polar surface area (TPSA) is 206 Å². The molecule has 0 bridgehead atoms. The number of carbonyl (C=O) groups excluding carboxylic acids is 2. The zero-order chi connectivity index (χ0) is 81.2. The lowest BCUT2D eigenvalue weighted by atomic mass is 9.77. The fourth-order valence-corrected chi connectivity index (χ4v) is 16.1. The standard InChI is InChI=1S/C66H63F2NO7.C31H33F2NO7/c67-54-32-29-47(30-33-54)27-16-28-58-62(69(66(58)70)56-36-34-55(68)35-37-56)57-38-31-53(39-59(57)72-42-49-19-8-2-9-20-49)40-60-63(73-43-50-21-10-3-11-22-50)65(75-45-52-25-14-5-15-26-52)64(74-44-51-23-12-4-13-24-51)61(76-60)46-71-41-48-17-6-1-7-18-48;32-19-7-4-17(5-8-19)2-1-3-23-27(34(31(23)40)21-11-9-20(33)10-12-21)22-13-6-18(14-24(22)36)15-25-28(37)30(39)29(38)26(16-35)41-25/h1-15,17-26,29-39,58,60-65H,16,27-28,40-46H2;4-14,23,25-30,35-39H,1-3,15-16H2/t58-,60+,61?,62-,63?,64-,65+;23-,25+,26?,27-,28?,29-,30-/m11/s1. The highest BCUT2D eigenvalue weighted by atomic mass is 19.1. The number of aryl methyl sites for hydroxylation is 2. The molecule has 606 valence electrons. The van der Waals surface area contributed by atoms with Crippen LogP contribution in [0, 0.1) is 35.1 Å². The highest BCUT2D eigenvalue weighted by molar-refractivity contribution is 6.04. The molecule has 0 saturated carbocycles. The number of hydrogen-bond acceptors (Lipinski definition) is 14. The first-order valence-electron chi connectivity index (χ1n) is 39.9. The Morgan fingerprint density at radius 2 is 0.726 bits per heavy atom. The van der Waals surface area contributed by atoms with Crippen LogP contribution in [0.1, 0.15) is 99.0 Å². The van der Waals surface area contributed by atoms with Gasteiger partial charge in [0, 0.05) is 35.3 Å². The van der Waals surface area contributed by atoms with Gasteiger partial charge in [-0.3, -0.25) is 9.59 Å². The maximum atomic E-state index is 14.4. The molecule has 16 nitrogen and oxygen atoms in total. The predicted molar refractivity (Wildman–Crippen MR) is 435 cm³/mol. The number of benzene rings is 11. The molecule has 4 fully saturated rings. The largest absolute Gasteiger partial charge is 0.508 e. The summed E-state index contributed by atoms with van der Waals surface area (Å²) in [5, 5.41) is 51.1. The van der Waals surface area contributed by atoms with Crippen LogP contribution in [0.3, 0.4) is 0 Å². The third kappa shape index (κ3) is 21.0. The van der Waals surface area contributed by atoms with Crippen LogP contribution in [-0.4, -0.2) is 112 Å². The van der Waals surface area contributed by atoms with E-state index in [2.05, 4.69) is 30.3 Å². The summed E-state index contributed by atoms with van der Waals surface area (Å²) in [5.41, 5.74) is 10.9. The van der Waals surface area contributed by atoms with Crippen molar-refractivity contribution in [1.29, 1.82) is 0 Å². The van der Waals surface area contributed by atoms with E-state index in [-0.39, 0.29) is 60.6 Å². The molecule has 4 heterocycles. The van der Waals surface area contributed by atoms with Crippen LogP contribution in [0.5, 0.6) is 11.5 Å². The first-order chi connectivity index (χ1) is 57.1. The summed E-state index contributed by atoms with van der Waals surface area (Å²) in [6.07, 6.45) is -4.99. The Bertz CT molecular complexity index is 4950. The van der Waals surface area contributed by atoms with Crippen molar-refractivity contribution in [1.82, 2.24) is 0 Å². The molecule has 15 rings (SSSR count). The number of β-lactam (4-membered cyclic amide) rings is 2. The minimum absolute atomic E-state index is 0.0473. The van der Waals surface area contributed by atoms with Crippen molar-refractivity contribution in [2.75, 3.05) is 23.0 Å². The van der Waals surface area contributed by atoms with Crippen molar-refractivity contribution >= 4 is 23.2 Å². The summed E-state index contributed by atoms with van der Waals surface area (Å²) >= 11 is 0. The number of ether oxygens (including phenoxy) is 7. The van der Waals surface area contributed by atoms with Crippen LogP contribution in [-0.2, 0) is 96.7 Å². The van der Waals surface area contributed by atoms with Gasteiger partial charge in [-0.25, -0.2) is 17.6 Å². The minimum atomic E-state index is -1.50. The summed E-state index contributed by atoms with van der Waals surface area (Å²) in [7, 11) is 0. The molecule has 0 aliphatic carbocycles. The molecule has 0 spiro atoms. The Kier molecular flexibility index (Phi) is 28.3. The van der Waals surface area contributed by atoms with Crippen LogP contribution >= 0.6 is 0 Å². The van der Waals surface area contributed by atoms with E-state index in [1.54, 1.807) is 53.4 Å². The lowest BCUT2D eigenvalue weighted by Gasteiger charge is -2.48. The fraction of sp³-hybridized carbons (Fsp3) is 0.299. The Morgan fingerprint density at radius 1 is 0.359 bits per heavy atom. The molecular weight excluding hydrogens is 1490 g/mol. The molecule has 117 heavy (non-hydrogen) atoms. The van der Waals surface area contributed by atoms with E-state index in [4.69, 9.17) is 33.2 Å². The van der Waals surface area contributed by atoms with Crippen LogP contribution in [0.15, 0.2) is 285 Å². The average Bonchev–Trinajstić information content (AvgIpc) is 0.740. The van der Waals surface area contributed by atoms with Gasteiger partial charge in [-0.15, -0.1) is 0 Å². The van der Waals surface area contributed by atoms with E-state index in [0.717, 1.165) is 50.1 Å². The zero-order valence-electron chi connectivity index (χ0n) is 64.6. The van der Waals surface area contributed by atoms with Gasteiger partial charge >= 0.3 is 0 Å². The van der Waals surface area contributed by atoms with Gasteiger partial charge in [0.1, 0.15) is 90.2 Å². The number of aromatic hydroxyl groups is 1. The van der Waals surface area contributed by atoms with Crippen LogP contribution in [0.25, 0.3) is 0 Å². The number of amides is 2. The second-order valence-corrected chi connectivity index (χ2v) is 30.3. The Morgan fingerprint density at radius 3 is 1.18 bits per heavy atom. The molecular formula is C97H96F4N2O14. The Labute approximate surface area is 679 Å². The van der Waals surface area contributed by atoms with Crippen molar-refractivity contribution in [2.45, 2.75) is 158 Å². The molecule has 4 aliphatic rings. The molecule has 11 aromatic rings. The first kappa shape index (κ1) is 82.8. The molecule has 11 aromatic carbocycles. The van der Waals surface area contributed by atoms with Crippen molar-refractivity contribution < 1.29 is 85.8 Å². The number of halogens is 4. The SMILES string of the molecule is O=C1[C@H](CCCc2ccc(F)cc2)[C@@H](c2ccc(C[C@@H]3OC(CO)[C@@H](O)[C@H](O)C3O)cc2O)N1c1ccc(F)cc1.O=C1[C@H](CCCc2ccc(F)cc2)[C@@H](c2ccc(C[C@@H]3OC(COCc4ccccc4)[C@@H](OCc4ccccc4)[C@@H](OCc4ccccc4)C3OCc3ccccc3)cc2OCc2ccccc2)N1c1ccc(F)cc1. The molecule has 2 amide bonds. The lowest BCUT2D eigenvalue weighted by molar-refractivity contribution is -0.272. The van der Waals surface area contributed by atoms with Gasteiger partial charge in [-0.2, -0.15) is 0 Å². The van der Waals surface area contributed by atoms with E-state index < -0.39 is 91.5 Å². The van der Waals surface area contributed by atoms with Gasteiger partial charge in [0.15, 0.2) is 0 Å². The average molecular weight is 1590 g/mol. The number of hydrogen-bond donors (Lipinski definition) is 5. The second kappa shape index (κ2) is 40.0. The molecule has 4 aliphatic heterocycles. The summed E-state index contributed by atoms with van der Waals surface area (Å²) in [5.74, 6) is -1.91. The monoisotopic (exact) mass is 1590 g/mol. The molecule has 0 radical (unpaired) electrons. The second-order valence-electron chi connectivity index (χ2n) is 30.3. The number of nitrogens with zero attached hydrogens (tertiary/aromatic N) is 2. The van der Waals surface area contributed by atoms with Gasteiger partial charge in [0.05, 0.1) is 75.8 Å². The van der Waals surface area contributed by atoms with Crippen LogP contribution < -0.4 is 14.5 Å². The molecule has 4 unspecified atom stereocenters. The number of rotatable bonds is 33. The van der Waals surface area contributed by atoms with E-state index in [9.17, 15) is 52.7 Å². The van der Waals surface area contributed by atoms with Gasteiger partial charge in [-0.05, 0) is 174 Å². The van der Waals surface area contributed by atoms with E-state index in [0.29, 0.717) is 99.6 Å². The van der Waals surface area contributed by atoms with Gasteiger partial charge in [-0.1, -0.05) is 200 Å².